The largest absolute Gasteiger partial charge is 0.365 e. The second-order valence-corrected chi connectivity index (χ2v) is 7.02. The van der Waals surface area contributed by atoms with Crippen molar-refractivity contribution in [1.29, 1.82) is 0 Å². The molecule has 3 aromatic rings. The minimum atomic E-state index is -0.198. The van der Waals surface area contributed by atoms with E-state index in [1.807, 2.05) is 31.3 Å². The van der Waals surface area contributed by atoms with Gasteiger partial charge < -0.3 is 10.2 Å². The van der Waals surface area contributed by atoms with Crippen molar-refractivity contribution in [3.8, 4) is 11.4 Å². The SMILES string of the molecule is Cc1cc(-c2ncc3c(n2)N(C(=O)Nc2cccnc2)[C@H]2CCN3C2)ccn1. The Bertz CT molecular complexity index is 1040. The Morgan fingerprint density at radius 2 is 2.14 bits per heavy atom. The summed E-state index contributed by atoms with van der Waals surface area (Å²) >= 11 is 0. The molecule has 2 bridgehead atoms. The summed E-state index contributed by atoms with van der Waals surface area (Å²) in [6.07, 6.45) is 7.78. The molecule has 8 heteroatoms. The van der Waals surface area contributed by atoms with Crippen molar-refractivity contribution in [2.75, 3.05) is 28.2 Å². The molecule has 28 heavy (non-hydrogen) atoms. The number of carbonyl (C=O) groups is 1. The normalized spacial score (nSPS) is 17.4. The van der Waals surface area contributed by atoms with Crippen LogP contribution in [0.25, 0.3) is 11.4 Å². The number of rotatable bonds is 2. The Morgan fingerprint density at radius 1 is 1.21 bits per heavy atom. The third kappa shape index (κ3) is 2.83. The molecule has 1 fully saturated rings. The quantitative estimate of drug-likeness (QED) is 0.743. The molecule has 1 atom stereocenters. The highest BCUT2D eigenvalue weighted by Gasteiger charge is 2.40. The van der Waals surface area contributed by atoms with Crippen LogP contribution in [0.3, 0.4) is 0 Å². The van der Waals surface area contributed by atoms with Crippen LogP contribution in [0.5, 0.6) is 0 Å². The fraction of sp³-hybridized carbons (Fsp3) is 0.250. The van der Waals surface area contributed by atoms with Crippen LogP contribution in [0.2, 0.25) is 0 Å². The highest BCUT2D eigenvalue weighted by atomic mass is 16.2. The Morgan fingerprint density at radius 3 is 2.96 bits per heavy atom. The molecule has 0 aliphatic carbocycles. The van der Waals surface area contributed by atoms with E-state index in [2.05, 4.69) is 25.2 Å². The number of pyridine rings is 2. The Kier molecular flexibility index (Phi) is 3.89. The molecule has 2 amide bonds. The summed E-state index contributed by atoms with van der Waals surface area (Å²) in [5, 5.41) is 2.94. The average Bonchev–Trinajstić information content (AvgIpc) is 3.13. The molecule has 0 spiro atoms. The second kappa shape index (κ2) is 6.56. The van der Waals surface area contributed by atoms with Crippen molar-refractivity contribution in [2.45, 2.75) is 19.4 Å². The van der Waals surface area contributed by atoms with E-state index in [0.717, 1.165) is 36.5 Å². The predicted molar refractivity (Wildman–Crippen MR) is 106 cm³/mol. The maximum absolute atomic E-state index is 13.1. The van der Waals surface area contributed by atoms with Crippen LogP contribution in [0.15, 0.2) is 49.1 Å². The van der Waals surface area contributed by atoms with Crippen molar-refractivity contribution >= 4 is 23.2 Å². The molecule has 8 nitrogen and oxygen atoms in total. The number of nitrogens with one attached hydrogen (secondary N) is 1. The molecule has 5 heterocycles. The van der Waals surface area contributed by atoms with Gasteiger partial charge in [0.05, 0.1) is 29.8 Å². The molecule has 1 N–H and O–H groups in total. The van der Waals surface area contributed by atoms with Crippen molar-refractivity contribution in [1.82, 2.24) is 19.9 Å². The van der Waals surface area contributed by atoms with Crippen LogP contribution in [0, 0.1) is 6.92 Å². The summed E-state index contributed by atoms with van der Waals surface area (Å²) in [7, 11) is 0. The maximum Gasteiger partial charge on any atom is 0.327 e. The molecule has 0 unspecified atom stereocenters. The molecule has 2 aliphatic heterocycles. The zero-order valence-corrected chi connectivity index (χ0v) is 15.4. The first-order chi connectivity index (χ1) is 13.7. The van der Waals surface area contributed by atoms with Gasteiger partial charge in [0.15, 0.2) is 11.6 Å². The third-order valence-corrected chi connectivity index (χ3v) is 5.13. The number of hydrogen-bond acceptors (Lipinski definition) is 6. The number of amides is 2. The molecule has 0 radical (unpaired) electrons. The number of nitrogens with zero attached hydrogens (tertiary/aromatic N) is 6. The highest BCUT2D eigenvalue weighted by Crippen LogP contribution is 2.39. The smallest absolute Gasteiger partial charge is 0.327 e. The van der Waals surface area contributed by atoms with Gasteiger partial charge in [-0.2, -0.15) is 0 Å². The standard InChI is InChI=1S/C20H19N7O/c1-13-9-14(4-7-22-13)18-23-11-17-19(25-18)27(16-5-8-26(17)12-16)20(28)24-15-3-2-6-21-10-15/h2-4,6-7,9-11,16H,5,8,12H2,1H3,(H,24,28)/t16-/m0/s1. The van der Waals surface area contributed by atoms with E-state index in [-0.39, 0.29) is 12.1 Å². The van der Waals surface area contributed by atoms with Crippen molar-refractivity contribution in [2.24, 2.45) is 0 Å². The molecule has 1 saturated heterocycles. The van der Waals surface area contributed by atoms with Gasteiger partial charge in [0.2, 0.25) is 0 Å². The number of anilines is 3. The van der Waals surface area contributed by atoms with Crippen LogP contribution in [0.1, 0.15) is 12.1 Å². The van der Waals surface area contributed by atoms with E-state index in [1.54, 1.807) is 29.6 Å². The number of hydrogen-bond donors (Lipinski definition) is 1. The van der Waals surface area contributed by atoms with Crippen LogP contribution < -0.4 is 15.1 Å². The summed E-state index contributed by atoms with van der Waals surface area (Å²) in [4.78, 5) is 34.8. The number of fused-ring (bicyclic) bond motifs is 4. The minimum Gasteiger partial charge on any atom is -0.365 e. The van der Waals surface area contributed by atoms with E-state index in [0.29, 0.717) is 17.3 Å². The Balaban J connectivity index is 1.54. The van der Waals surface area contributed by atoms with Crippen LogP contribution in [-0.4, -0.2) is 45.1 Å². The summed E-state index contributed by atoms with van der Waals surface area (Å²) < 4.78 is 0. The Hall–Kier alpha value is -3.55. The molecule has 3 aromatic heterocycles. The van der Waals surface area contributed by atoms with E-state index in [4.69, 9.17) is 4.98 Å². The lowest BCUT2D eigenvalue weighted by molar-refractivity contribution is 0.255. The molecular weight excluding hydrogens is 354 g/mol. The summed E-state index contributed by atoms with van der Waals surface area (Å²) in [5.74, 6) is 1.24. The van der Waals surface area contributed by atoms with Crippen molar-refractivity contribution in [3.63, 3.8) is 0 Å². The van der Waals surface area contributed by atoms with Gasteiger partial charge in [-0.25, -0.2) is 14.8 Å². The van der Waals surface area contributed by atoms with Gasteiger partial charge in [0, 0.05) is 36.7 Å². The molecule has 140 valence electrons. The monoisotopic (exact) mass is 373 g/mol. The lowest BCUT2D eigenvalue weighted by Crippen LogP contribution is -2.48. The van der Waals surface area contributed by atoms with Crippen molar-refractivity contribution < 1.29 is 4.79 Å². The molecule has 0 saturated carbocycles. The first-order valence-electron chi connectivity index (χ1n) is 9.24. The summed E-state index contributed by atoms with van der Waals surface area (Å²) in [5.41, 5.74) is 3.34. The lowest BCUT2D eigenvalue weighted by Gasteiger charge is -2.35. The van der Waals surface area contributed by atoms with E-state index >= 15 is 0 Å². The zero-order chi connectivity index (χ0) is 19.1. The Labute approximate surface area is 162 Å². The molecule has 0 aromatic carbocycles. The fourth-order valence-electron chi connectivity index (χ4n) is 3.82. The second-order valence-electron chi connectivity index (χ2n) is 7.02. The topological polar surface area (TPSA) is 87.1 Å². The highest BCUT2D eigenvalue weighted by molar-refractivity contribution is 6.04. The lowest BCUT2D eigenvalue weighted by atomic mass is 10.2. The van der Waals surface area contributed by atoms with E-state index < -0.39 is 0 Å². The average molecular weight is 373 g/mol. The van der Waals surface area contributed by atoms with Gasteiger partial charge >= 0.3 is 6.03 Å². The van der Waals surface area contributed by atoms with Gasteiger partial charge in [-0.15, -0.1) is 0 Å². The first kappa shape index (κ1) is 16.6. The third-order valence-electron chi connectivity index (χ3n) is 5.13. The maximum atomic E-state index is 13.1. The number of aromatic nitrogens is 4. The van der Waals surface area contributed by atoms with Gasteiger partial charge in [-0.05, 0) is 37.6 Å². The van der Waals surface area contributed by atoms with Gasteiger partial charge in [-0.3, -0.25) is 14.9 Å². The van der Waals surface area contributed by atoms with Crippen LogP contribution in [-0.2, 0) is 0 Å². The van der Waals surface area contributed by atoms with Gasteiger partial charge in [0.1, 0.15) is 0 Å². The summed E-state index contributed by atoms with van der Waals surface area (Å²) in [6, 6.07) is 7.33. The van der Waals surface area contributed by atoms with E-state index in [9.17, 15) is 4.79 Å². The summed E-state index contributed by atoms with van der Waals surface area (Å²) in [6.45, 7) is 3.62. The van der Waals surface area contributed by atoms with Crippen LogP contribution in [0.4, 0.5) is 22.0 Å². The zero-order valence-electron chi connectivity index (χ0n) is 15.4. The van der Waals surface area contributed by atoms with Gasteiger partial charge in [0.25, 0.3) is 0 Å². The number of carbonyl (C=O) groups excluding carboxylic acids is 1. The predicted octanol–water partition coefficient (Wildman–Crippen LogP) is 2.87. The fourth-order valence-corrected chi connectivity index (χ4v) is 3.82. The van der Waals surface area contributed by atoms with E-state index in [1.165, 1.54) is 0 Å². The van der Waals surface area contributed by atoms with Crippen LogP contribution >= 0.6 is 0 Å². The van der Waals surface area contributed by atoms with Gasteiger partial charge in [-0.1, -0.05) is 0 Å². The number of urea groups is 1. The first-order valence-corrected chi connectivity index (χ1v) is 9.24. The minimum absolute atomic E-state index is 0.0890. The molecular formula is C20H19N7O. The molecule has 2 aliphatic rings. The van der Waals surface area contributed by atoms with Crippen molar-refractivity contribution in [3.05, 3.63) is 54.7 Å². The number of aryl methyl sites for hydroxylation is 1. The molecule has 5 rings (SSSR count).